The Labute approximate surface area is 267 Å². The number of benzene rings is 3. The minimum atomic E-state index is -0.616. The number of hydrogen-bond acceptors (Lipinski definition) is 5. The molecule has 1 aliphatic heterocycles. The molecule has 1 saturated heterocycles. The number of hydrogen-bond donors (Lipinski definition) is 2. The van der Waals surface area contributed by atoms with E-state index in [1.165, 1.54) is 0 Å². The van der Waals surface area contributed by atoms with Crippen molar-refractivity contribution in [3.05, 3.63) is 96.1 Å². The summed E-state index contributed by atoms with van der Waals surface area (Å²) in [6, 6.07) is 23.4. The number of carbonyl (C=O) groups is 3. The molecular formula is C37H47N5O3. The minimum absolute atomic E-state index is 0.000808. The van der Waals surface area contributed by atoms with Crippen LogP contribution in [-0.4, -0.2) is 97.4 Å². The highest BCUT2D eigenvalue weighted by Gasteiger charge is 2.41. The molecule has 0 bridgehead atoms. The van der Waals surface area contributed by atoms with Crippen LogP contribution >= 0.6 is 0 Å². The van der Waals surface area contributed by atoms with Gasteiger partial charge in [-0.25, -0.2) is 0 Å². The topological polar surface area (TPSA) is 85.0 Å². The summed E-state index contributed by atoms with van der Waals surface area (Å²) in [7, 11) is 5.48. The molecule has 238 valence electrons. The molecule has 0 spiro atoms. The summed E-state index contributed by atoms with van der Waals surface area (Å²) in [5.74, 6) is -0.230. The predicted octanol–water partition coefficient (Wildman–Crippen LogP) is 3.80. The Morgan fingerprint density at radius 3 is 2.24 bits per heavy atom. The van der Waals surface area contributed by atoms with E-state index in [9.17, 15) is 14.4 Å². The first-order valence-electron chi connectivity index (χ1n) is 16.2. The van der Waals surface area contributed by atoms with Gasteiger partial charge in [0.15, 0.2) is 0 Å². The summed E-state index contributed by atoms with van der Waals surface area (Å²) >= 11 is 0. The number of rotatable bonds is 12. The van der Waals surface area contributed by atoms with Crippen molar-refractivity contribution in [3.8, 4) is 0 Å². The maximum absolute atomic E-state index is 14.6. The van der Waals surface area contributed by atoms with Gasteiger partial charge >= 0.3 is 0 Å². The molecule has 2 N–H and O–H groups in total. The van der Waals surface area contributed by atoms with Crippen molar-refractivity contribution < 1.29 is 14.4 Å². The first kappa shape index (κ1) is 32.4. The van der Waals surface area contributed by atoms with Crippen molar-refractivity contribution in [2.45, 2.75) is 56.1 Å². The lowest BCUT2D eigenvalue weighted by Gasteiger charge is -2.46. The van der Waals surface area contributed by atoms with E-state index in [1.807, 2.05) is 53.4 Å². The SMILES string of the molecule is CNC(=O)/C=C/CC1(N[C@H](Cc2ccc3ccccc3c2)C(=O)N(C)[C@H](Cc2ccccc2)C(=O)N2CCN(C)CC2)CCC1. The lowest BCUT2D eigenvalue weighted by molar-refractivity contribution is -0.147. The van der Waals surface area contributed by atoms with Crippen LogP contribution in [0, 0.1) is 0 Å². The van der Waals surface area contributed by atoms with Crippen molar-refractivity contribution in [1.29, 1.82) is 0 Å². The summed E-state index contributed by atoms with van der Waals surface area (Å²) in [5, 5.41) is 8.70. The smallest absolute Gasteiger partial charge is 0.245 e. The van der Waals surface area contributed by atoms with Gasteiger partial charge in [0.05, 0.1) is 6.04 Å². The van der Waals surface area contributed by atoms with Crippen LogP contribution in [0.15, 0.2) is 84.9 Å². The molecule has 0 radical (unpaired) electrons. The maximum atomic E-state index is 14.6. The molecule has 3 aromatic carbocycles. The lowest BCUT2D eigenvalue weighted by Crippen LogP contribution is -2.62. The average molecular weight is 610 g/mol. The zero-order chi connectivity index (χ0) is 31.8. The molecule has 1 aliphatic carbocycles. The van der Waals surface area contributed by atoms with E-state index < -0.39 is 12.1 Å². The quantitative estimate of drug-likeness (QED) is 0.305. The Hall–Kier alpha value is -4.01. The fourth-order valence-corrected chi connectivity index (χ4v) is 6.52. The van der Waals surface area contributed by atoms with E-state index >= 15 is 0 Å². The second-order valence-electron chi connectivity index (χ2n) is 12.7. The fraction of sp³-hybridized carbons (Fsp3) is 0.432. The Bertz CT molecular complexity index is 1490. The molecule has 1 saturated carbocycles. The zero-order valence-electron chi connectivity index (χ0n) is 26.9. The fourth-order valence-electron chi connectivity index (χ4n) is 6.52. The van der Waals surface area contributed by atoms with Gasteiger partial charge in [0.2, 0.25) is 17.7 Å². The van der Waals surface area contributed by atoms with E-state index in [-0.39, 0.29) is 23.3 Å². The second-order valence-corrected chi connectivity index (χ2v) is 12.7. The number of fused-ring (bicyclic) bond motifs is 1. The van der Waals surface area contributed by atoms with Crippen molar-refractivity contribution >= 4 is 28.5 Å². The summed E-state index contributed by atoms with van der Waals surface area (Å²) in [5.41, 5.74) is 1.81. The molecule has 3 aromatic rings. The van der Waals surface area contributed by atoms with Gasteiger partial charge in [0.1, 0.15) is 6.04 Å². The Kier molecular flexibility index (Phi) is 10.7. The largest absolute Gasteiger partial charge is 0.356 e. The monoisotopic (exact) mass is 609 g/mol. The molecule has 2 atom stereocenters. The van der Waals surface area contributed by atoms with Crippen LogP contribution in [-0.2, 0) is 27.2 Å². The van der Waals surface area contributed by atoms with Crippen molar-refractivity contribution in [2.24, 2.45) is 0 Å². The molecule has 5 rings (SSSR count). The maximum Gasteiger partial charge on any atom is 0.245 e. The third-order valence-corrected chi connectivity index (χ3v) is 9.55. The number of nitrogens with zero attached hydrogens (tertiary/aromatic N) is 3. The predicted molar refractivity (Wildman–Crippen MR) is 180 cm³/mol. The van der Waals surface area contributed by atoms with Gasteiger partial charge in [-0.05, 0) is 67.1 Å². The van der Waals surface area contributed by atoms with Crippen LogP contribution in [0.1, 0.15) is 36.8 Å². The van der Waals surface area contributed by atoms with Crippen LogP contribution in [0.5, 0.6) is 0 Å². The van der Waals surface area contributed by atoms with E-state index in [2.05, 4.69) is 52.9 Å². The van der Waals surface area contributed by atoms with Gasteiger partial charge in [-0.3, -0.25) is 19.7 Å². The van der Waals surface area contributed by atoms with Crippen LogP contribution < -0.4 is 10.6 Å². The van der Waals surface area contributed by atoms with Crippen LogP contribution in [0.4, 0.5) is 0 Å². The summed E-state index contributed by atoms with van der Waals surface area (Å²) < 4.78 is 0. The minimum Gasteiger partial charge on any atom is -0.356 e. The van der Waals surface area contributed by atoms with Gasteiger partial charge in [0.25, 0.3) is 0 Å². The van der Waals surface area contributed by atoms with Gasteiger partial charge in [-0.2, -0.15) is 0 Å². The zero-order valence-corrected chi connectivity index (χ0v) is 26.9. The molecule has 2 aliphatic rings. The number of likely N-dealkylation sites (N-methyl/N-ethyl adjacent to an activating group) is 3. The molecule has 0 aromatic heterocycles. The van der Waals surface area contributed by atoms with Crippen LogP contribution in [0.3, 0.4) is 0 Å². The summed E-state index contributed by atoms with van der Waals surface area (Å²) in [6.07, 6.45) is 7.98. The van der Waals surface area contributed by atoms with E-state index in [0.717, 1.165) is 54.3 Å². The third kappa shape index (κ3) is 8.18. The molecule has 8 nitrogen and oxygen atoms in total. The standard InChI is InChI=1S/C37H47N5O3/c1-38-34(43)15-9-18-37(19-10-20-37)39-32(26-29-16-17-30-13-7-8-14-31(30)25-29)35(44)41(3)33(27-28-11-5-4-6-12-28)36(45)42-23-21-40(2)22-24-42/h4-9,11-17,25,32-33,39H,10,18-24,26-27H2,1-3H3,(H,38,43)/b15-9+/t32-,33-/m1/s1. The lowest BCUT2D eigenvalue weighted by atomic mass is 9.73. The van der Waals surface area contributed by atoms with E-state index in [0.29, 0.717) is 32.4 Å². The Morgan fingerprint density at radius 1 is 0.889 bits per heavy atom. The second kappa shape index (κ2) is 14.8. The molecule has 2 fully saturated rings. The molecular weight excluding hydrogens is 562 g/mol. The van der Waals surface area contributed by atoms with Gasteiger partial charge in [0, 0.05) is 52.2 Å². The van der Waals surface area contributed by atoms with Crippen molar-refractivity contribution in [1.82, 2.24) is 25.3 Å². The molecule has 8 heteroatoms. The van der Waals surface area contributed by atoms with Crippen LogP contribution in [0.2, 0.25) is 0 Å². The van der Waals surface area contributed by atoms with Gasteiger partial charge < -0.3 is 20.0 Å². The van der Waals surface area contributed by atoms with E-state index in [1.54, 1.807) is 25.1 Å². The van der Waals surface area contributed by atoms with Crippen molar-refractivity contribution in [2.75, 3.05) is 47.3 Å². The number of piperazine rings is 1. The number of amides is 3. The third-order valence-electron chi connectivity index (χ3n) is 9.55. The summed E-state index contributed by atoms with van der Waals surface area (Å²) in [4.78, 5) is 46.5. The molecule has 3 amide bonds. The van der Waals surface area contributed by atoms with Gasteiger partial charge in [-0.1, -0.05) is 78.9 Å². The molecule has 45 heavy (non-hydrogen) atoms. The normalized spacial score (nSPS) is 17.9. The van der Waals surface area contributed by atoms with Crippen molar-refractivity contribution in [3.63, 3.8) is 0 Å². The Morgan fingerprint density at radius 2 is 1.58 bits per heavy atom. The highest BCUT2D eigenvalue weighted by atomic mass is 16.2. The molecule has 0 unspecified atom stereocenters. The average Bonchev–Trinajstić information content (AvgIpc) is 3.05. The van der Waals surface area contributed by atoms with Gasteiger partial charge in [-0.15, -0.1) is 0 Å². The first-order valence-corrected chi connectivity index (χ1v) is 16.2. The highest BCUT2D eigenvalue weighted by Crippen LogP contribution is 2.36. The summed E-state index contributed by atoms with van der Waals surface area (Å²) in [6.45, 7) is 2.95. The van der Waals surface area contributed by atoms with Crippen LogP contribution in [0.25, 0.3) is 10.8 Å². The highest BCUT2D eigenvalue weighted by molar-refractivity contribution is 5.91. The number of carbonyl (C=O) groups excluding carboxylic acids is 3. The first-order chi connectivity index (χ1) is 21.8. The van der Waals surface area contributed by atoms with E-state index in [4.69, 9.17) is 0 Å². The molecule has 1 heterocycles. The number of nitrogens with one attached hydrogen (secondary N) is 2. The Balaban J connectivity index is 1.44.